The van der Waals surface area contributed by atoms with Crippen LogP contribution in [0.3, 0.4) is 0 Å². The molecule has 4 rings (SSSR count). The molecule has 1 aromatic carbocycles. The largest absolute Gasteiger partial charge is 0.363 e. The lowest BCUT2D eigenvalue weighted by atomic mass is 10.1. The van der Waals surface area contributed by atoms with Crippen LogP contribution in [0, 0.1) is 13.8 Å². The first-order chi connectivity index (χ1) is 12.1. The SMILES string of the molecule is Cc1cc(NC(C)c2ccc(-n3cnc(C4CC4)c3)cc2)nc(C)n1. The average Bonchev–Trinajstić information content (AvgIpc) is 3.31. The van der Waals surface area contributed by atoms with E-state index in [1.54, 1.807) is 0 Å². The smallest absolute Gasteiger partial charge is 0.130 e. The minimum atomic E-state index is 0.174. The van der Waals surface area contributed by atoms with Gasteiger partial charge in [0.15, 0.2) is 0 Å². The number of aromatic nitrogens is 4. The maximum absolute atomic E-state index is 4.52. The van der Waals surface area contributed by atoms with Crippen LogP contribution in [0.15, 0.2) is 42.9 Å². The van der Waals surface area contributed by atoms with E-state index in [1.165, 1.54) is 24.1 Å². The summed E-state index contributed by atoms with van der Waals surface area (Å²) >= 11 is 0. The molecule has 0 saturated heterocycles. The van der Waals surface area contributed by atoms with Crippen LogP contribution in [0.4, 0.5) is 5.82 Å². The van der Waals surface area contributed by atoms with Crippen molar-refractivity contribution < 1.29 is 0 Å². The van der Waals surface area contributed by atoms with Gasteiger partial charge in [0.25, 0.3) is 0 Å². The van der Waals surface area contributed by atoms with E-state index in [-0.39, 0.29) is 6.04 Å². The Morgan fingerprint density at radius 2 is 1.88 bits per heavy atom. The van der Waals surface area contributed by atoms with Crippen LogP contribution in [0.5, 0.6) is 0 Å². The maximum Gasteiger partial charge on any atom is 0.130 e. The van der Waals surface area contributed by atoms with Crippen LogP contribution in [0.2, 0.25) is 0 Å². The fourth-order valence-corrected chi connectivity index (χ4v) is 3.10. The van der Waals surface area contributed by atoms with E-state index < -0.39 is 0 Å². The van der Waals surface area contributed by atoms with E-state index in [0.29, 0.717) is 5.92 Å². The normalized spacial score (nSPS) is 15.2. The lowest BCUT2D eigenvalue weighted by Crippen LogP contribution is -2.09. The monoisotopic (exact) mass is 333 g/mol. The summed E-state index contributed by atoms with van der Waals surface area (Å²) in [5.41, 5.74) is 4.56. The molecule has 2 aromatic heterocycles. The first kappa shape index (κ1) is 15.8. The van der Waals surface area contributed by atoms with Gasteiger partial charge >= 0.3 is 0 Å². The second kappa shape index (κ2) is 6.31. The third-order valence-corrected chi connectivity index (χ3v) is 4.62. The van der Waals surface area contributed by atoms with Gasteiger partial charge in [0, 0.05) is 35.6 Å². The fourth-order valence-electron chi connectivity index (χ4n) is 3.10. The van der Waals surface area contributed by atoms with E-state index in [0.717, 1.165) is 23.0 Å². The summed E-state index contributed by atoms with van der Waals surface area (Å²) in [5.74, 6) is 2.34. The molecule has 0 amide bonds. The van der Waals surface area contributed by atoms with Gasteiger partial charge in [-0.2, -0.15) is 0 Å². The number of hydrogen-bond acceptors (Lipinski definition) is 4. The highest BCUT2D eigenvalue weighted by Crippen LogP contribution is 2.39. The highest BCUT2D eigenvalue weighted by Gasteiger charge is 2.25. The molecule has 3 aromatic rings. The van der Waals surface area contributed by atoms with E-state index in [9.17, 15) is 0 Å². The molecular formula is C20H23N5. The summed E-state index contributed by atoms with van der Waals surface area (Å²) in [6, 6.07) is 10.7. The Bertz CT molecular complexity index is 857. The summed E-state index contributed by atoms with van der Waals surface area (Å²) in [6.45, 7) is 6.04. The van der Waals surface area contributed by atoms with Gasteiger partial charge in [-0.05, 0) is 51.3 Å². The van der Waals surface area contributed by atoms with Crippen molar-refractivity contribution in [1.82, 2.24) is 19.5 Å². The lowest BCUT2D eigenvalue weighted by molar-refractivity contribution is 0.862. The van der Waals surface area contributed by atoms with Gasteiger partial charge in [0.1, 0.15) is 11.6 Å². The maximum atomic E-state index is 4.52. The molecule has 2 heterocycles. The van der Waals surface area contributed by atoms with Crippen LogP contribution in [0.1, 0.15) is 54.5 Å². The Labute approximate surface area is 148 Å². The van der Waals surface area contributed by atoms with Gasteiger partial charge in [-0.1, -0.05) is 12.1 Å². The quantitative estimate of drug-likeness (QED) is 0.755. The lowest BCUT2D eigenvalue weighted by Gasteiger charge is -2.16. The van der Waals surface area contributed by atoms with Crippen molar-refractivity contribution in [2.75, 3.05) is 5.32 Å². The molecule has 25 heavy (non-hydrogen) atoms. The van der Waals surface area contributed by atoms with Crippen LogP contribution in [-0.4, -0.2) is 19.5 Å². The van der Waals surface area contributed by atoms with Crippen molar-refractivity contribution in [2.24, 2.45) is 0 Å². The summed E-state index contributed by atoms with van der Waals surface area (Å²) < 4.78 is 2.10. The van der Waals surface area contributed by atoms with Gasteiger partial charge < -0.3 is 9.88 Å². The van der Waals surface area contributed by atoms with Crippen molar-refractivity contribution >= 4 is 5.82 Å². The number of hydrogen-bond donors (Lipinski definition) is 1. The third-order valence-electron chi connectivity index (χ3n) is 4.62. The highest BCUT2D eigenvalue weighted by atomic mass is 15.1. The molecule has 1 saturated carbocycles. The Morgan fingerprint density at radius 3 is 2.56 bits per heavy atom. The molecule has 0 radical (unpaired) electrons. The van der Waals surface area contributed by atoms with Crippen molar-refractivity contribution in [1.29, 1.82) is 0 Å². The minimum absolute atomic E-state index is 0.174. The molecule has 5 heteroatoms. The standard InChI is InChI=1S/C20H23N5/c1-13-10-20(24-15(3)22-13)23-14(2)16-6-8-18(9-7-16)25-11-19(21-12-25)17-4-5-17/h6-12,14,17H,4-5H2,1-3H3,(H,22,23,24). The van der Waals surface area contributed by atoms with Crippen LogP contribution < -0.4 is 5.32 Å². The van der Waals surface area contributed by atoms with E-state index in [4.69, 9.17) is 0 Å². The first-order valence-electron chi connectivity index (χ1n) is 8.81. The predicted molar refractivity (Wildman–Crippen MR) is 99.1 cm³/mol. The fraction of sp³-hybridized carbons (Fsp3) is 0.350. The number of rotatable bonds is 5. The van der Waals surface area contributed by atoms with Crippen molar-refractivity contribution in [2.45, 2.75) is 45.6 Å². The molecule has 0 aliphatic heterocycles. The molecule has 1 aliphatic rings. The van der Waals surface area contributed by atoms with Crippen molar-refractivity contribution in [3.8, 4) is 5.69 Å². The second-order valence-electron chi connectivity index (χ2n) is 6.88. The van der Waals surface area contributed by atoms with Gasteiger partial charge in [-0.25, -0.2) is 15.0 Å². The van der Waals surface area contributed by atoms with Crippen molar-refractivity contribution in [3.63, 3.8) is 0 Å². The van der Waals surface area contributed by atoms with E-state index in [1.807, 2.05) is 26.2 Å². The molecule has 1 atom stereocenters. The average molecular weight is 333 g/mol. The molecule has 1 fully saturated rings. The number of anilines is 1. The summed E-state index contributed by atoms with van der Waals surface area (Å²) in [6.07, 6.45) is 6.62. The molecule has 0 bridgehead atoms. The number of aryl methyl sites for hydroxylation is 2. The van der Waals surface area contributed by atoms with E-state index in [2.05, 4.69) is 62.2 Å². The number of nitrogens with zero attached hydrogens (tertiary/aromatic N) is 4. The summed E-state index contributed by atoms with van der Waals surface area (Å²) in [4.78, 5) is 13.3. The molecule has 1 N–H and O–H groups in total. The van der Waals surface area contributed by atoms with Crippen LogP contribution in [0.25, 0.3) is 5.69 Å². The summed E-state index contributed by atoms with van der Waals surface area (Å²) in [5, 5.41) is 3.46. The van der Waals surface area contributed by atoms with Crippen LogP contribution in [-0.2, 0) is 0 Å². The second-order valence-corrected chi connectivity index (χ2v) is 6.88. The Balaban J connectivity index is 1.48. The minimum Gasteiger partial charge on any atom is -0.363 e. The predicted octanol–water partition coefficient (Wildman–Crippen LogP) is 4.33. The van der Waals surface area contributed by atoms with Crippen molar-refractivity contribution in [3.05, 3.63) is 65.6 Å². The van der Waals surface area contributed by atoms with Gasteiger partial charge in [-0.3, -0.25) is 0 Å². The van der Waals surface area contributed by atoms with E-state index >= 15 is 0 Å². The number of imidazole rings is 1. The van der Waals surface area contributed by atoms with Gasteiger partial charge in [0.2, 0.25) is 0 Å². The molecule has 128 valence electrons. The highest BCUT2D eigenvalue weighted by molar-refractivity contribution is 5.42. The Morgan fingerprint density at radius 1 is 1.12 bits per heavy atom. The zero-order chi connectivity index (χ0) is 17.4. The third kappa shape index (κ3) is 3.55. The summed E-state index contributed by atoms with van der Waals surface area (Å²) in [7, 11) is 0. The molecule has 5 nitrogen and oxygen atoms in total. The Kier molecular flexibility index (Phi) is 3.99. The molecule has 0 spiro atoms. The molecule has 1 aliphatic carbocycles. The Hall–Kier alpha value is -2.69. The molecule has 1 unspecified atom stereocenters. The van der Waals surface area contributed by atoms with Gasteiger partial charge in [-0.15, -0.1) is 0 Å². The van der Waals surface area contributed by atoms with Crippen LogP contribution >= 0.6 is 0 Å². The number of benzene rings is 1. The number of nitrogens with one attached hydrogen (secondary N) is 1. The zero-order valence-corrected chi connectivity index (χ0v) is 14.9. The van der Waals surface area contributed by atoms with Gasteiger partial charge in [0.05, 0.1) is 12.0 Å². The topological polar surface area (TPSA) is 55.6 Å². The first-order valence-corrected chi connectivity index (χ1v) is 8.81. The zero-order valence-electron chi connectivity index (χ0n) is 14.9. The molecular weight excluding hydrogens is 310 g/mol.